The van der Waals surface area contributed by atoms with Crippen molar-refractivity contribution in [3.63, 3.8) is 0 Å². The maximum Gasteiger partial charge on any atom is 0.356 e. The van der Waals surface area contributed by atoms with Gasteiger partial charge in [0.25, 0.3) is 0 Å². The van der Waals surface area contributed by atoms with Crippen LogP contribution < -0.4 is 5.32 Å². The third-order valence-electron chi connectivity index (χ3n) is 3.36. The first kappa shape index (κ1) is 13.0. The van der Waals surface area contributed by atoms with Crippen LogP contribution in [0.2, 0.25) is 0 Å². The number of hydrogen-bond donors (Lipinski definition) is 2. The number of Topliss-reactive ketones (excluding diaryl/α,β-unsaturated/α-hetero) is 1. The van der Waals surface area contributed by atoms with E-state index in [1.54, 1.807) is 0 Å². The highest BCUT2D eigenvalue weighted by atomic mass is 32.1. The molecule has 0 aliphatic heterocycles. The predicted molar refractivity (Wildman–Crippen MR) is 69.5 cm³/mol. The number of nitrogens with one attached hydrogen (secondary N) is 1. The molecule has 1 fully saturated rings. The Morgan fingerprint density at radius 2 is 2.17 bits per heavy atom. The van der Waals surface area contributed by atoms with Crippen LogP contribution in [0.25, 0.3) is 0 Å². The lowest BCUT2D eigenvalue weighted by Gasteiger charge is -2.31. The number of ketones is 1. The molecule has 6 heteroatoms. The average molecular weight is 268 g/mol. The van der Waals surface area contributed by atoms with Gasteiger partial charge < -0.3 is 10.4 Å². The molecule has 1 heterocycles. The summed E-state index contributed by atoms with van der Waals surface area (Å²) in [5, 5.41) is 12.7. The van der Waals surface area contributed by atoms with Crippen molar-refractivity contribution in [2.75, 3.05) is 5.32 Å². The average Bonchev–Trinajstić information content (AvgIpc) is 2.58. The van der Waals surface area contributed by atoms with E-state index >= 15 is 0 Å². The van der Waals surface area contributed by atoms with Gasteiger partial charge in [-0.25, -0.2) is 9.78 Å². The number of carbonyl (C=O) groups excluding carboxylic acids is 1. The second-order valence-electron chi connectivity index (χ2n) is 4.68. The fourth-order valence-electron chi connectivity index (χ4n) is 2.02. The molecule has 18 heavy (non-hydrogen) atoms. The predicted octanol–water partition coefficient (Wildman–Crippen LogP) is 2.64. The van der Waals surface area contributed by atoms with Gasteiger partial charge in [-0.1, -0.05) is 17.8 Å². The Bertz CT molecular complexity index is 448. The molecule has 1 aromatic rings. The highest BCUT2D eigenvalue weighted by molar-refractivity contribution is 7.17. The molecule has 1 aliphatic rings. The van der Waals surface area contributed by atoms with Crippen molar-refractivity contribution >= 4 is 28.2 Å². The molecule has 1 aromatic heterocycles. The molecule has 0 spiro atoms. The number of carboxylic acid groups (broad SMARTS) is 1. The molecule has 0 bridgehead atoms. The van der Waals surface area contributed by atoms with E-state index in [1.807, 2.05) is 0 Å². The monoisotopic (exact) mass is 268 g/mol. The Kier molecular flexibility index (Phi) is 3.65. The van der Waals surface area contributed by atoms with Crippen LogP contribution in [0.3, 0.4) is 0 Å². The van der Waals surface area contributed by atoms with Crippen molar-refractivity contribution in [1.82, 2.24) is 4.98 Å². The first-order chi connectivity index (χ1) is 8.49. The molecule has 1 saturated carbocycles. The summed E-state index contributed by atoms with van der Waals surface area (Å²) in [5.41, 5.74) is -0.143. The molecule has 0 radical (unpaired) electrons. The van der Waals surface area contributed by atoms with Gasteiger partial charge in [0, 0.05) is 13.0 Å². The number of carboxylic acids is 1. The molecule has 2 N–H and O–H groups in total. The third-order valence-corrected chi connectivity index (χ3v) is 4.44. The van der Waals surface area contributed by atoms with Crippen LogP contribution in [-0.4, -0.2) is 27.9 Å². The SMILES string of the molecule is CC(=O)c1sc(NC(C)C2CCC2)nc1C(=O)O. The third kappa shape index (κ3) is 2.53. The van der Waals surface area contributed by atoms with E-state index in [1.165, 1.54) is 26.2 Å². The van der Waals surface area contributed by atoms with Crippen molar-refractivity contribution < 1.29 is 14.7 Å². The molecule has 1 unspecified atom stereocenters. The second kappa shape index (κ2) is 5.06. The first-order valence-electron chi connectivity index (χ1n) is 6.00. The molecule has 98 valence electrons. The Hall–Kier alpha value is -1.43. The summed E-state index contributed by atoms with van der Waals surface area (Å²) < 4.78 is 0. The van der Waals surface area contributed by atoms with Gasteiger partial charge in [-0.2, -0.15) is 0 Å². The van der Waals surface area contributed by atoms with Crippen molar-refractivity contribution in [3.05, 3.63) is 10.6 Å². The van der Waals surface area contributed by atoms with E-state index in [9.17, 15) is 9.59 Å². The topological polar surface area (TPSA) is 79.3 Å². The van der Waals surface area contributed by atoms with Gasteiger partial charge in [-0.3, -0.25) is 4.79 Å². The molecular weight excluding hydrogens is 252 g/mol. The zero-order chi connectivity index (χ0) is 13.3. The number of rotatable bonds is 5. The van der Waals surface area contributed by atoms with Gasteiger partial charge in [0.1, 0.15) is 4.88 Å². The van der Waals surface area contributed by atoms with E-state index in [0.29, 0.717) is 11.0 Å². The standard InChI is InChI=1S/C12H16N2O3S/c1-6(8-4-3-5-8)13-12-14-9(11(16)17)10(18-12)7(2)15/h6,8H,3-5H2,1-2H3,(H,13,14)(H,16,17). The second-order valence-corrected chi connectivity index (χ2v) is 5.68. The van der Waals surface area contributed by atoms with Crippen LogP contribution >= 0.6 is 11.3 Å². The van der Waals surface area contributed by atoms with Crippen LogP contribution in [0.15, 0.2) is 0 Å². The van der Waals surface area contributed by atoms with E-state index in [4.69, 9.17) is 5.11 Å². The number of carbonyl (C=O) groups is 2. The minimum Gasteiger partial charge on any atom is -0.476 e. The number of hydrogen-bond acceptors (Lipinski definition) is 5. The maximum absolute atomic E-state index is 11.4. The van der Waals surface area contributed by atoms with Gasteiger partial charge in [-0.15, -0.1) is 0 Å². The molecule has 5 nitrogen and oxygen atoms in total. The number of aromatic nitrogens is 1. The summed E-state index contributed by atoms with van der Waals surface area (Å²) in [6.07, 6.45) is 3.66. The quantitative estimate of drug-likeness (QED) is 0.802. The van der Waals surface area contributed by atoms with E-state index in [-0.39, 0.29) is 22.4 Å². The first-order valence-corrected chi connectivity index (χ1v) is 6.82. The van der Waals surface area contributed by atoms with Crippen LogP contribution in [0.4, 0.5) is 5.13 Å². The Morgan fingerprint density at radius 3 is 2.56 bits per heavy atom. The lowest BCUT2D eigenvalue weighted by molar-refractivity contribution is 0.0687. The summed E-state index contributed by atoms with van der Waals surface area (Å²) in [6, 6.07) is 0.270. The largest absolute Gasteiger partial charge is 0.476 e. The summed E-state index contributed by atoms with van der Waals surface area (Å²) in [5.74, 6) is -0.780. The number of aromatic carboxylic acids is 1. The van der Waals surface area contributed by atoms with Crippen LogP contribution in [0.5, 0.6) is 0 Å². The van der Waals surface area contributed by atoms with E-state index in [2.05, 4.69) is 17.2 Å². The van der Waals surface area contributed by atoms with E-state index < -0.39 is 5.97 Å². The number of thiazole rings is 1. The smallest absolute Gasteiger partial charge is 0.356 e. The lowest BCUT2D eigenvalue weighted by Crippen LogP contribution is -2.30. The fourth-order valence-corrected chi connectivity index (χ4v) is 2.97. The van der Waals surface area contributed by atoms with Crippen LogP contribution in [0, 0.1) is 5.92 Å². The molecule has 1 atom stereocenters. The van der Waals surface area contributed by atoms with Crippen molar-refractivity contribution in [2.24, 2.45) is 5.92 Å². The van der Waals surface area contributed by atoms with Crippen molar-refractivity contribution in [1.29, 1.82) is 0 Å². The summed E-state index contributed by atoms with van der Waals surface area (Å²) in [4.78, 5) is 26.6. The van der Waals surface area contributed by atoms with Gasteiger partial charge in [0.15, 0.2) is 16.6 Å². The lowest BCUT2D eigenvalue weighted by atomic mass is 9.80. The zero-order valence-corrected chi connectivity index (χ0v) is 11.2. The Labute approximate surface area is 109 Å². The number of anilines is 1. The normalized spacial score (nSPS) is 17.0. The summed E-state index contributed by atoms with van der Waals surface area (Å²) in [7, 11) is 0. The van der Waals surface area contributed by atoms with E-state index in [0.717, 1.165) is 11.3 Å². The molecule has 0 aromatic carbocycles. The Morgan fingerprint density at radius 1 is 1.50 bits per heavy atom. The molecule has 2 rings (SSSR count). The molecule has 0 saturated heterocycles. The van der Waals surface area contributed by atoms with Crippen LogP contribution in [0.1, 0.15) is 53.3 Å². The van der Waals surface area contributed by atoms with Gasteiger partial charge in [0.05, 0.1) is 0 Å². The Balaban J connectivity index is 2.15. The fraction of sp³-hybridized carbons (Fsp3) is 0.583. The molecule has 0 amide bonds. The summed E-state index contributed by atoms with van der Waals surface area (Å²) in [6.45, 7) is 3.43. The van der Waals surface area contributed by atoms with Crippen LogP contribution in [-0.2, 0) is 0 Å². The molecule has 1 aliphatic carbocycles. The molecular formula is C12H16N2O3S. The minimum absolute atomic E-state index is 0.143. The maximum atomic E-state index is 11.4. The highest BCUT2D eigenvalue weighted by Crippen LogP contribution is 2.32. The highest BCUT2D eigenvalue weighted by Gasteiger charge is 2.26. The van der Waals surface area contributed by atoms with Crippen molar-refractivity contribution in [2.45, 2.75) is 39.2 Å². The summed E-state index contributed by atoms with van der Waals surface area (Å²) >= 11 is 1.12. The van der Waals surface area contributed by atoms with Crippen molar-refractivity contribution in [3.8, 4) is 0 Å². The van der Waals surface area contributed by atoms with Gasteiger partial charge >= 0.3 is 5.97 Å². The zero-order valence-electron chi connectivity index (χ0n) is 10.4. The van der Waals surface area contributed by atoms with Gasteiger partial charge in [-0.05, 0) is 25.7 Å². The minimum atomic E-state index is -1.15. The number of nitrogens with zero attached hydrogens (tertiary/aromatic N) is 1. The van der Waals surface area contributed by atoms with Gasteiger partial charge in [0.2, 0.25) is 0 Å².